The van der Waals surface area contributed by atoms with Crippen molar-refractivity contribution in [3.05, 3.63) is 34.3 Å². The summed E-state index contributed by atoms with van der Waals surface area (Å²) in [6, 6.07) is 4.71. The smallest absolute Gasteiger partial charge is 0.258 e. The minimum absolute atomic E-state index is 0.210. The van der Waals surface area contributed by atoms with Gasteiger partial charge in [0.1, 0.15) is 11.4 Å². The molecule has 190 valence electrons. The van der Waals surface area contributed by atoms with Crippen molar-refractivity contribution in [3.8, 4) is 23.0 Å². The molecule has 0 aliphatic rings. The van der Waals surface area contributed by atoms with Crippen LogP contribution in [0, 0.1) is 0 Å². The fourth-order valence-electron chi connectivity index (χ4n) is 2.95. The van der Waals surface area contributed by atoms with Crippen molar-refractivity contribution >= 4 is 46.3 Å². The second-order valence-electron chi connectivity index (χ2n) is 6.98. The van der Waals surface area contributed by atoms with Crippen LogP contribution in [0.25, 0.3) is 0 Å². The van der Waals surface area contributed by atoms with Gasteiger partial charge >= 0.3 is 0 Å². The second-order valence-corrected chi connectivity index (χ2v) is 7.79. The molecule has 0 aliphatic carbocycles. The number of carbonyl (C=O) groups is 2. The summed E-state index contributed by atoms with van der Waals surface area (Å²) in [5.41, 5.74) is 0.487. The van der Waals surface area contributed by atoms with Crippen LogP contribution in [0.2, 0.25) is 10.0 Å². The molecule has 1 unspecified atom stereocenters. The third kappa shape index (κ3) is 7.73. The van der Waals surface area contributed by atoms with Crippen LogP contribution in [0.5, 0.6) is 23.0 Å². The Morgan fingerprint density at radius 3 is 1.91 bits per heavy atom. The number of hydrogen-bond donors (Lipinski definition) is 1. The van der Waals surface area contributed by atoms with E-state index < -0.39 is 17.7 Å². The van der Waals surface area contributed by atoms with Crippen LogP contribution < -0.4 is 24.3 Å². The first-order chi connectivity index (χ1) is 16.7. The number of azo groups is 1. The lowest BCUT2D eigenvalue weighted by atomic mass is 10.2. The summed E-state index contributed by atoms with van der Waals surface area (Å²) in [6.07, 6.45) is 0. The van der Waals surface area contributed by atoms with Crippen molar-refractivity contribution in [1.82, 2.24) is 0 Å². The van der Waals surface area contributed by atoms with Gasteiger partial charge in [0.05, 0.1) is 42.2 Å². The van der Waals surface area contributed by atoms with E-state index in [0.717, 1.165) is 0 Å². The highest BCUT2D eigenvalue weighted by molar-refractivity contribution is 6.34. The van der Waals surface area contributed by atoms with Crippen LogP contribution in [-0.4, -0.2) is 44.2 Å². The zero-order chi connectivity index (χ0) is 26.0. The van der Waals surface area contributed by atoms with Crippen LogP contribution >= 0.6 is 23.2 Å². The fourth-order valence-corrected chi connectivity index (χ4v) is 3.36. The Hall–Kier alpha value is -3.04. The highest BCUT2D eigenvalue weighted by Gasteiger charge is 2.25. The molecule has 0 aliphatic heterocycles. The van der Waals surface area contributed by atoms with Gasteiger partial charge in [0.25, 0.3) is 5.91 Å². The molecule has 0 aromatic heterocycles. The first-order valence-corrected chi connectivity index (χ1v) is 11.9. The molecule has 2 aromatic rings. The minimum atomic E-state index is -1.44. The molecule has 0 saturated heterocycles. The zero-order valence-corrected chi connectivity index (χ0v) is 21.8. The van der Waals surface area contributed by atoms with Gasteiger partial charge in [-0.05, 0) is 40.7 Å². The fraction of sp³-hybridized carbons (Fsp3) is 0.417. The Labute approximate surface area is 214 Å². The van der Waals surface area contributed by atoms with Crippen molar-refractivity contribution in [2.75, 3.05) is 31.7 Å². The molecule has 2 aromatic carbocycles. The van der Waals surface area contributed by atoms with E-state index in [2.05, 4.69) is 15.5 Å². The van der Waals surface area contributed by atoms with E-state index in [0.29, 0.717) is 49.4 Å². The van der Waals surface area contributed by atoms with Gasteiger partial charge in [-0.25, -0.2) is 0 Å². The summed E-state index contributed by atoms with van der Waals surface area (Å²) in [5.74, 6) is 0.380. The molecule has 1 N–H and O–H groups in total. The maximum Gasteiger partial charge on any atom is 0.258 e. The van der Waals surface area contributed by atoms with Gasteiger partial charge in [-0.15, -0.1) is 0 Å². The molecule has 0 heterocycles. The molecular weight excluding hydrogens is 497 g/mol. The molecular formula is C24H29Cl2N3O6. The lowest BCUT2D eigenvalue weighted by molar-refractivity contribution is -0.126. The number of anilines is 1. The molecule has 35 heavy (non-hydrogen) atoms. The maximum atomic E-state index is 12.9. The molecule has 9 nitrogen and oxygen atoms in total. The van der Waals surface area contributed by atoms with Crippen molar-refractivity contribution in [2.45, 2.75) is 40.7 Å². The highest BCUT2D eigenvalue weighted by Crippen LogP contribution is 2.39. The monoisotopic (exact) mass is 525 g/mol. The summed E-state index contributed by atoms with van der Waals surface area (Å²) in [6.45, 7) is 10.1. The first-order valence-electron chi connectivity index (χ1n) is 11.2. The molecule has 0 saturated carbocycles. The number of hydrogen-bond acceptors (Lipinski definition) is 8. The molecule has 0 fully saturated rings. The molecule has 1 amide bonds. The number of nitrogens with zero attached hydrogens (tertiary/aromatic N) is 2. The molecule has 1 atom stereocenters. The molecule has 0 spiro atoms. The third-order valence-electron chi connectivity index (χ3n) is 4.42. The molecule has 0 bridgehead atoms. The Balaban J connectivity index is 2.34. The number of ketones is 1. The van der Waals surface area contributed by atoms with Gasteiger partial charge in [-0.1, -0.05) is 23.2 Å². The number of Topliss-reactive ketones (excluding diaryl/α,β-unsaturated/α-hetero) is 1. The molecule has 2 rings (SSSR count). The van der Waals surface area contributed by atoms with E-state index in [-0.39, 0.29) is 21.4 Å². The summed E-state index contributed by atoms with van der Waals surface area (Å²) >= 11 is 12.6. The van der Waals surface area contributed by atoms with Crippen molar-refractivity contribution in [2.24, 2.45) is 10.2 Å². The highest BCUT2D eigenvalue weighted by atomic mass is 35.5. The normalized spacial score (nSPS) is 11.7. The SMILES string of the molecule is CCOc1cc(OCC)c(N=NC(C(C)=O)C(=O)Nc2cc(OCC)c(OCC)cc2Cl)cc1Cl. The number of rotatable bonds is 13. The van der Waals surface area contributed by atoms with Crippen LogP contribution in [-0.2, 0) is 9.59 Å². The summed E-state index contributed by atoms with van der Waals surface area (Å²) in [7, 11) is 0. The van der Waals surface area contributed by atoms with Gasteiger partial charge < -0.3 is 24.3 Å². The van der Waals surface area contributed by atoms with Crippen molar-refractivity contribution < 1.29 is 28.5 Å². The average Bonchev–Trinajstić information content (AvgIpc) is 2.80. The number of carbonyl (C=O) groups excluding carboxylic acids is 2. The molecule has 11 heteroatoms. The van der Waals surface area contributed by atoms with Crippen molar-refractivity contribution in [1.29, 1.82) is 0 Å². The van der Waals surface area contributed by atoms with Gasteiger partial charge in [-0.2, -0.15) is 10.2 Å². The quantitative estimate of drug-likeness (QED) is 0.244. The number of halogens is 2. The second kappa shape index (κ2) is 13.7. The number of amides is 1. The van der Waals surface area contributed by atoms with Crippen molar-refractivity contribution in [3.63, 3.8) is 0 Å². The number of nitrogens with one attached hydrogen (secondary N) is 1. The zero-order valence-electron chi connectivity index (χ0n) is 20.3. The van der Waals surface area contributed by atoms with E-state index in [1.165, 1.54) is 25.1 Å². The Morgan fingerprint density at radius 2 is 1.34 bits per heavy atom. The number of ether oxygens (including phenoxy) is 4. The van der Waals surface area contributed by atoms with E-state index in [1.54, 1.807) is 13.0 Å². The van der Waals surface area contributed by atoms with E-state index in [1.807, 2.05) is 20.8 Å². The predicted octanol–water partition coefficient (Wildman–Crippen LogP) is 6.27. The summed E-state index contributed by atoms with van der Waals surface area (Å²) in [4.78, 5) is 25.2. The van der Waals surface area contributed by atoms with E-state index in [4.69, 9.17) is 42.1 Å². The first kappa shape index (κ1) is 28.2. The molecule has 0 radical (unpaired) electrons. The number of benzene rings is 2. The lowest BCUT2D eigenvalue weighted by Crippen LogP contribution is -2.32. The summed E-state index contributed by atoms with van der Waals surface area (Å²) < 4.78 is 22.2. The Kier molecular flexibility index (Phi) is 11.1. The Morgan fingerprint density at radius 1 is 0.800 bits per heavy atom. The topological polar surface area (TPSA) is 108 Å². The van der Waals surface area contributed by atoms with Gasteiger partial charge in [-0.3, -0.25) is 9.59 Å². The van der Waals surface area contributed by atoms with Crippen LogP contribution in [0.1, 0.15) is 34.6 Å². The van der Waals surface area contributed by atoms with E-state index >= 15 is 0 Å². The third-order valence-corrected chi connectivity index (χ3v) is 5.03. The van der Waals surface area contributed by atoms with Gasteiger partial charge in [0.15, 0.2) is 23.0 Å². The largest absolute Gasteiger partial charge is 0.492 e. The van der Waals surface area contributed by atoms with Gasteiger partial charge in [0, 0.05) is 18.2 Å². The minimum Gasteiger partial charge on any atom is -0.492 e. The predicted molar refractivity (Wildman–Crippen MR) is 135 cm³/mol. The Bertz CT molecular complexity index is 1080. The van der Waals surface area contributed by atoms with Gasteiger partial charge in [0.2, 0.25) is 6.04 Å². The standard InChI is InChI=1S/C24H29Cl2N3O6/c1-6-32-19-13-20(33-7-2)18(10-16(19)26)28-29-23(14(5)30)24(31)27-17-12-22(35-9-4)21(34-8-3)11-15(17)25/h10-13,23H,6-9H2,1-5H3,(H,27,31). The maximum absolute atomic E-state index is 12.9. The average molecular weight is 526 g/mol. The van der Waals surface area contributed by atoms with E-state index in [9.17, 15) is 9.59 Å². The van der Waals surface area contributed by atoms with Crippen LogP contribution in [0.15, 0.2) is 34.5 Å². The van der Waals surface area contributed by atoms with Crippen LogP contribution in [0.4, 0.5) is 11.4 Å². The van der Waals surface area contributed by atoms with Crippen LogP contribution in [0.3, 0.4) is 0 Å². The lowest BCUT2D eigenvalue weighted by Gasteiger charge is -2.16. The summed E-state index contributed by atoms with van der Waals surface area (Å²) in [5, 5.41) is 11.2.